The van der Waals surface area contributed by atoms with Crippen LogP contribution in [0, 0.1) is 24.5 Å². The van der Waals surface area contributed by atoms with Crippen LogP contribution in [0.3, 0.4) is 0 Å². The van der Waals surface area contributed by atoms with Gasteiger partial charge in [-0.3, -0.25) is 14.4 Å². The van der Waals surface area contributed by atoms with Gasteiger partial charge >= 0.3 is 0 Å². The van der Waals surface area contributed by atoms with Crippen LogP contribution in [0.25, 0.3) is 0 Å². The van der Waals surface area contributed by atoms with E-state index >= 15 is 0 Å². The summed E-state index contributed by atoms with van der Waals surface area (Å²) in [6.45, 7) is 2.73. The zero-order chi connectivity index (χ0) is 29.7. The van der Waals surface area contributed by atoms with Gasteiger partial charge in [-0.2, -0.15) is 0 Å². The summed E-state index contributed by atoms with van der Waals surface area (Å²) in [5.74, 6) is -5.68. The van der Waals surface area contributed by atoms with Crippen LogP contribution in [-0.2, 0) is 9.59 Å². The molecule has 6 nitrogen and oxygen atoms in total. The van der Waals surface area contributed by atoms with E-state index in [0.717, 1.165) is 13.0 Å². The minimum Gasteiger partial charge on any atom is -0.326 e. The molecule has 1 saturated carbocycles. The second-order valence-electron chi connectivity index (χ2n) is 9.02. The fourth-order valence-electron chi connectivity index (χ4n) is 4.17. The zero-order valence-corrected chi connectivity index (χ0v) is 24.9. The van der Waals surface area contributed by atoms with Crippen molar-refractivity contribution in [1.82, 2.24) is 0 Å². The molecule has 14 heteroatoms. The van der Waals surface area contributed by atoms with Crippen LogP contribution in [0.1, 0.15) is 34.3 Å². The summed E-state index contributed by atoms with van der Waals surface area (Å²) in [5, 5.41) is 7.69. The van der Waals surface area contributed by atoms with Crippen molar-refractivity contribution in [3.8, 4) is 0 Å². The maximum atomic E-state index is 14.4. The Labute approximate surface area is 257 Å². The van der Waals surface area contributed by atoms with E-state index in [0.29, 0.717) is 17.2 Å². The number of anilines is 3. The topological polar surface area (TPSA) is 87.3 Å². The van der Waals surface area contributed by atoms with Crippen LogP contribution in [0.15, 0.2) is 36.4 Å². The van der Waals surface area contributed by atoms with Crippen molar-refractivity contribution in [3.05, 3.63) is 84.8 Å². The number of hydrogen-bond donors (Lipinski definition) is 3. The summed E-state index contributed by atoms with van der Waals surface area (Å²) in [6.07, 6.45) is 0. The molecule has 2 atom stereocenters. The molecule has 3 N–H and O–H groups in total. The molecule has 3 aromatic carbocycles. The molecule has 210 valence electrons. The van der Waals surface area contributed by atoms with E-state index in [1.54, 1.807) is 6.92 Å². The van der Waals surface area contributed by atoms with Gasteiger partial charge in [0, 0.05) is 24.6 Å². The third kappa shape index (κ3) is 6.12. The maximum Gasteiger partial charge on any atom is 0.257 e. The van der Waals surface area contributed by atoms with Gasteiger partial charge in [0.05, 0.1) is 42.9 Å². The van der Waals surface area contributed by atoms with Gasteiger partial charge in [0.1, 0.15) is 16.0 Å². The number of carbonyl (C=O) groups is 3. The lowest BCUT2D eigenvalue weighted by molar-refractivity contribution is -0.117. The smallest absolute Gasteiger partial charge is 0.257 e. The van der Waals surface area contributed by atoms with E-state index in [9.17, 15) is 23.2 Å². The van der Waals surface area contributed by atoms with Gasteiger partial charge in [0.15, 0.2) is 0 Å². The molecule has 0 bridgehead atoms. The first-order chi connectivity index (χ1) is 18.6. The fraction of sp³-hybridized carbons (Fsp3) is 0.192. The van der Waals surface area contributed by atoms with Gasteiger partial charge in [-0.05, 0) is 48.4 Å². The molecule has 1 aliphatic carbocycles. The Balaban J connectivity index is 1.57. The Morgan fingerprint density at radius 1 is 0.800 bits per heavy atom. The van der Waals surface area contributed by atoms with Crippen LogP contribution >= 0.6 is 69.6 Å². The molecule has 0 aromatic heterocycles. The van der Waals surface area contributed by atoms with Crippen LogP contribution in [0.5, 0.6) is 0 Å². The summed E-state index contributed by atoms with van der Waals surface area (Å²) in [7, 11) is 0. The predicted octanol–water partition coefficient (Wildman–Crippen LogP) is 8.62. The number of aryl methyl sites for hydroxylation is 1. The lowest BCUT2D eigenvalue weighted by atomic mass is 10.1. The van der Waals surface area contributed by atoms with E-state index in [4.69, 9.17) is 69.6 Å². The van der Waals surface area contributed by atoms with Crippen molar-refractivity contribution in [2.45, 2.75) is 24.1 Å². The second kappa shape index (κ2) is 11.5. The van der Waals surface area contributed by atoms with Gasteiger partial charge in [-0.1, -0.05) is 46.4 Å². The van der Waals surface area contributed by atoms with Crippen LogP contribution < -0.4 is 16.0 Å². The Morgan fingerprint density at radius 2 is 1.38 bits per heavy atom. The largest absolute Gasteiger partial charge is 0.326 e. The molecule has 3 aromatic rings. The first kappa shape index (κ1) is 30.6. The average Bonchev–Trinajstić information content (AvgIpc) is 3.43. The molecule has 0 aliphatic heterocycles. The zero-order valence-electron chi connectivity index (χ0n) is 20.4. The number of carbonyl (C=O) groups excluding carboxylic acids is 3. The normalized spacial score (nSPS) is 17.2. The molecule has 3 amide bonds. The van der Waals surface area contributed by atoms with Gasteiger partial charge in [-0.15, -0.1) is 23.2 Å². The lowest BCUT2D eigenvalue weighted by Crippen LogP contribution is -2.19. The minimum atomic E-state index is -1.47. The quantitative estimate of drug-likeness (QED) is 0.181. The standard InChI is InChI=1S/C26H17Cl6F2N3O3/c1-9-3-12(36-25(40)21-20(26(21,31)32)11-4-14(27)23(30)15(28)5-11)6-13(22(9)29)24(39)37-19-8-18(35-10(2)38)16(33)7-17(19)34/h3-8,20-21H,1-2H3,(H,35,38)(H,36,40)(H,37,39)/t20-,21?/m0/s1. The van der Waals surface area contributed by atoms with Crippen molar-refractivity contribution >= 4 is 104 Å². The molecule has 1 aliphatic rings. The molecular formula is C26H17Cl6F2N3O3. The monoisotopic (exact) mass is 667 g/mol. The van der Waals surface area contributed by atoms with Crippen LogP contribution in [-0.4, -0.2) is 22.1 Å². The molecule has 40 heavy (non-hydrogen) atoms. The summed E-state index contributed by atoms with van der Waals surface area (Å²) in [6, 6.07) is 7.28. The summed E-state index contributed by atoms with van der Waals surface area (Å²) in [5.41, 5.74) is 0.242. The molecule has 1 unspecified atom stereocenters. The van der Waals surface area contributed by atoms with Gasteiger partial charge < -0.3 is 16.0 Å². The summed E-state index contributed by atoms with van der Waals surface area (Å²) >= 11 is 37.4. The van der Waals surface area contributed by atoms with Crippen molar-refractivity contribution in [3.63, 3.8) is 0 Å². The Bertz CT molecular complexity index is 1560. The first-order valence-corrected chi connectivity index (χ1v) is 13.6. The van der Waals surface area contributed by atoms with Crippen molar-refractivity contribution in [2.24, 2.45) is 5.92 Å². The van der Waals surface area contributed by atoms with Gasteiger partial charge in [0.2, 0.25) is 11.8 Å². The minimum absolute atomic E-state index is 0.0267. The highest BCUT2D eigenvalue weighted by molar-refractivity contribution is 6.54. The van der Waals surface area contributed by atoms with Crippen molar-refractivity contribution in [1.29, 1.82) is 0 Å². The predicted molar refractivity (Wildman–Crippen MR) is 156 cm³/mol. The second-order valence-corrected chi connectivity index (χ2v) is 12.0. The number of hydrogen-bond acceptors (Lipinski definition) is 3. The first-order valence-electron chi connectivity index (χ1n) is 11.3. The molecule has 4 rings (SSSR count). The Hall–Kier alpha value is -2.33. The van der Waals surface area contributed by atoms with Gasteiger partial charge in [0.25, 0.3) is 5.91 Å². The highest BCUT2D eigenvalue weighted by Gasteiger charge is 2.67. The summed E-state index contributed by atoms with van der Waals surface area (Å²) < 4.78 is 26.9. The average molecular weight is 670 g/mol. The van der Waals surface area contributed by atoms with E-state index < -0.39 is 51.2 Å². The number of rotatable bonds is 6. The molecule has 0 spiro atoms. The molecule has 0 heterocycles. The molecule has 0 radical (unpaired) electrons. The molecular weight excluding hydrogens is 653 g/mol. The number of amides is 3. The summed E-state index contributed by atoms with van der Waals surface area (Å²) in [4.78, 5) is 37.5. The number of nitrogens with one attached hydrogen (secondary N) is 3. The fourth-order valence-corrected chi connectivity index (χ4v) is 5.81. The third-order valence-corrected chi connectivity index (χ3v) is 8.72. The van der Waals surface area contributed by atoms with Crippen LogP contribution in [0.4, 0.5) is 25.8 Å². The van der Waals surface area contributed by atoms with E-state index in [2.05, 4.69) is 16.0 Å². The van der Waals surface area contributed by atoms with Crippen molar-refractivity contribution in [2.75, 3.05) is 16.0 Å². The number of benzene rings is 3. The maximum absolute atomic E-state index is 14.4. The highest BCUT2D eigenvalue weighted by atomic mass is 35.5. The Morgan fingerprint density at radius 3 is 1.95 bits per heavy atom. The highest BCUT2D eigenvalue weighted by Crippen LogP contribution is 2.65. The SMILES string of the molecule is CC(=O)Nc1cc(NC(=O)c2cc(NC(=O)C3[C@H](c4cc(Cl)c(Cl)c(Cl)c4)C3(Cl)Cl)cc(C)c2Cl)c(F)cc1F. The molecule has 0 saturated heterocycles. The third-order valence-electron chi connectivity index (χ3n) is 6.08. The van der Waals surface area contributed by atoms with E-state index in [1.165, 1.54) is 24.3 Å². The Kier molecular flexibility index (Phi) is 8.81. The number of alkyl halides is 2. The number of halogens is 8. The molecule has 1 fully saturated rings. The van der Waals surface area contributed by atoms with Crippen LogP contribution in [0.2, 0.25) is 20.1 Å². The van der Waals surface area contributed by atoms with E-state index in [1.807, 2.05) is 0 Å². The van der Waals surface area contributed by atoms with E-state index in [-0.39, 0.29) is 37.0 Å². The lowest BCUT2D eigenvalue weighted by Gasteiger charge is -2.14. The van der Waals surface area contributed by atoms with Gasteiger partial charge in [-0.25, -0.2) is 8.78 Å². The van der Waals surface area contributed by atoms with Crippen molar-refractivity contribution < 1.29 is 23.2 Å².